The molecule has 3 heteroatoms. The van der Waals surface area contributed by atoms with Gasteiger partial charge in [-0.2, -0.15) is 0 Å². The zero-order valence-electron chi connectivity index (χ0n) is 26.3. The summed E-state index contributed by atoms with van der Waals surface area (Å²) in [4.78, 5) is 13.4. The van der Waals surface area contributed by atoms with Crippen molar-refractivity contribution in [2.45, 2.75) is 76.4 Å². The predicted molar refractivity (Wildman–Crippen MR) is 178 cm³/mol. The van der Waals surface area contributed by atoms with Gasteiger partial charge in [0.15, 0.2) is 5.60 Å². The third kappa shape index (κ3) is 6.13. The molecule has 1 fully saturated rings. The lowest BCUT2D eigenvalue weighted by Crippen LogP contribution is -2.37. The molecule has 4 atom stereocenters. The molecule has 2 aliphatic rings. The smallest absolute Gasteiger partial charge is 0.184 e. The number of hydrogen-bond acceptors (Lipinski definition) is 3. The molecule has 1 saturated carbocycles. The lowest BCUT2D eigenvalue weighted by molar-refractivity contribution is -0.121. The number of fused-ring (bicyclic) bond motifs is 2. The monoisotopic (exact) mass is 586 g/mol. The van der Waals surface area contributed by atoms with Crippen LogP contribution in [-0.4, -0.2) is 19.0 Å². The van der Waals surface area contributed by atoms with Crippen LogP contribution in [0.2, 0.25) is 0 Å². The van der Waals surface area contributed by atoms with Crippen molar-refractivity contribution < 1.29 is 14.3 Å². The molecule has 4 aromatic carbocycles. The average molecular weight is 587 g/mol. The molecule has 0 aromatic heterocycles. The highest BCUT2D eigenvalue weighted by molar-refractivity contribution is 5.84. The van der Waals surface area contributed by atoms with Crippen LogP contribution >= 0.6 is 0 Å². The third-order valence-corrected chi connectivity index (χ3v) is 10.2. The summed E-state index contributed by atoms with van der Waals surface area (Å²) in [5.41, 5.74) is 5.04. The van der Waals surface area contributed by atoms with Crippen LogP contribution in [0.15, 0.2) is 109 Å². The highest BCUT2D eigenvalue weighted by Gasteiger charge is 2.46. The van der Waals surface area contributed by atoms with Crippen molar-refractivity contribution in [3.05, 3.63) is 137 Å². The number of carbonyl (C=O) groups is 1. The molecule has 0 heterocycles. The fourth-order valence-electron chi connectivity index (χ4n) is 7.91. The number of rotatable bonds is 13. The summed E-state index contributed by atoms with van der Waals surface area (Å²) in [6.45, 7) is 2.24. The van der Waals surface area contributed by atoms with Crippen molar-refractivity contribution in [1.82, 2.24) is 0 Å². The quantitative estimate of drug-likeness (QED) is 0.116. The molecular weight excluding hydrogens is 540 g/mol. The van der Waals surface area contributed by atoms with Crippen LogP contribution in [0.25, 0.3) is 0 Å². The van der Waals surface area contributed by atoms with Gasteiger partial charge in [-0.05, 0) is 61.1 Å². The van der Waals surface area contributed by atoms with E-state index in [0.29, 0.717) is 24.0 Å². The molecule has 0 saturated heterocycles. The second-order valence-electron chi connectivity index (χ2n) is 12.8. The maximum absolute atomic E-state index is 13.4. The van der Waals surface area contributed by atoms with Crippen molar-refractivity contribution in [3.63, 3.8) is 0 Å². The Labute approximate surface area is 263 Å². The van der Waals surface area contributed by atoms with E-state index < -0.39 is 5.60 Å². The fourth-order valence-corrected chi connectivity index (χ4v) is 7.91. The summed E-state index contributed by atoms with van der Waals surface area (Å²) < 4.78 is 13.2. The first-order valence-corrected chi connectivity index (χ1v) is 16.7. The molecule has 0 aliphatic heterocycles. The summed E-state index contributed by atoms with van der Waals surface area (Å²) >= 11 is 0. The normalized spacial score (nSPS) is 20.1. The Balaban J connectivity index is 1.32. The number of unbranched alkanes of at least 4 members (excludes halogenated alkanes) is 2. The Morgan fingerprint density at radius 1 is 0.727 bits per heavy atom. The molecule has 0 unspecified atom stereocenters. The van der Waals surface area contributed by atoms with E-state index in [9.17, 15) is 4.79 Å². The van der Waals surface area contributed by atoms with Crippen molar-refractivity contribution in [2.75, 3.05) is 7.11 Å². The van der Waals surface area contributed by atoms with E-state index in [4.69, 9.17) is 9.47 Å². The SMILES string of the molecule is CCCCC[C@@H](CC[C@H]1C(=O)C[C@@H]2Cc3c(cccc3OC(c3ccccc3)(c3ccccc3)c3ccccc3)C[C@H]21)OC. The van der Waals surface area contributed by atoms with Crippen LogP contribution in [0, 0.1) is 17.8 Å². The highest BCUT2D eigenvalue weighted by atomic mass is 16.5. The van der Waals surface area contributed by atoms with E-state index in [0.717, 1.165) is 54.5 Å². The Morgan fingerprint density at radius 3 is 1.91 bits per heavy atom. The first kappa shape index (κ1) is 30.3. The van der Waals surface area contributed by atoms with Gasteiger partial charge in [-0.25, -0.2) is 0 Å². The molecule has 3 nitrogen and oxygen atoms in total. The lowest BCUT2D eigenvalue weighted by atomic mass is 9.73. The van der Waals surface area contributed by atoms with Gasteiger partial charge in [0.2, 0.25) is 0 Å². The van der Waals surface area contributed by atoms with Crippen molar-refractivity contribution in [2.24, 2.45) is 17.8 Å². The van der Waals surface area contributed by atoms with Gasteiger partial charge < -0.3 is 9.47 Å². The van der Waals surface area contributed by atoms with Crippen LogP contribution in [0.4, 0.5) is 0 Å². The maximum Gasteiger partial charge on any atom is 0.184 e. The molecule has 0 radical (unpaired) electrons. The zero-order chi connectivity index (χ0) is 30.4. The van der Waals surface area contributed by atoms with Gasteiger partial charge in [0, 0.05) is 36.1 Å². The van der Waals surface area contributed by atoms with E-state index in [-0.39, 0.29) is 12.0 Å². The van der Waals surface area contributed by atoms with Gasteiger partial charge in [-0.15, -0.1) is 0 Å². The van der Waals surface area contributed by atoms with Crippen LogP contribution in [0.3, 0.4) is 0 Å². The van der Waals surface area contributed by atoms with Crippen molar-refractivity contribution in [3.8, 4) is 5.75 Å². The minimum atomic E-state index is -0.823. The van der Waals surface area contributed by atoms with E-state index in [1.807, 2.05) is 7.11 Å². The van der Waals surface area contributed by atoms with E-state index in [1.54, 1.807) is 0 Å². The molecule has 0 bridgehead atoms. The van der Waals surface area contributed by atoms with Gasteiger partial charge >= 0.3 is 0 Å². The molecule has 2 aliphatic carbocycles. The number of benzene rings is 4. The van der Waals surface area contributed by atoms with Crippen molar-refractivity contribution >= 4 is 5.78 Å². The minimum absolute atomic E-state index is 0.138. The van der Waals surface area contributed by atoms with E-state index in [1.165, 1.54) is 30.4 Å². The fraction of sp³-hybridized carbons (Fsp3) is 0.390. The van der Waals surface area contributed by atoms with Crippen LogP contribution < -0.4 is 4.74 Å². The maximum atomic E-state index is 13.4. The Kier molecular flexibility index (Phi) is 9.62. The first-order chi connectivity index (χ1) is 21.6. The number of hydrogen-bond donors (Lipinski definition) is 0. The van der Waals surface area contributed by atoms with Gasteiger partial charge in [-0.3, -0.25) is 4.79 Å². The molecule has 4 aromatic rings. The van der Waals surface area contributed by atoms with Gasteiger partial charge in [0.25, 0.3) is 0 Å². The standard InChI is InChI=1S/C41H46O3/c1-3-4-8-23-35(43-2)25-26-36-37-27-30-16-15-24-40(38(30)28-31(37)29-39(36)42)44-41(32-17-9-5-10-18-32,33-19-11-6-12-20-33)34-21-13-7-14-22-34/h5-7,9-22,24,31,35-37H,3-4,8,23,25-29H2,1-2H3/t31-,35-,36+,37+/m0/s1. The topological polar surface area (TPSA) is 35.5 Å². The summed E-state index contributed by atoms with van der Waals surface area (Å²) in [6.07, 6.45) is 9.43. The summed E-state index contributed by atoms with van der Waals surface area (Å²) in [7, 11) is 1.83. The Bertz CT molecular complexity index is 1400. The van der Waals surface area contributed by atoms with Crippen LogP contribution in [0.5, 0.6) is 5.75 Å². The van der Waals surface area contributed by atoms with Crippen molar-refractivity contribution in [1.29, 1.82) is 0 Å². The van der Waals surface area contributed by atoms with E-state index in [2.05, 4.69) is 116 Å². The number of ketones is 1. The highest BCUT2D eigenvalue weighted by Crippen LogP contribution is 2.49. The Hall–Kier alpha value is -3.69. The summed E-state index contributed by atoms with van der Waals surface area (Å²) in [6, 6.07) is 38.3. The first-order valence-electron chi connectivity index (χ1n) is 16.7. The minimum Gasteiger partial charge on any atom is -0.473 e. The molecule has 6 rings (SSSR count). The lowest BCUT2D eigenvalue weighted by Gasteiger charge is -2.38. The zero-order valence-corrected chi connectivity index (χ0v) is 26.3. The largest absolute Gasteiger partial charge is 0.473 e. The molecule has 0 N–H and O–H groups in total. The van der Waals surface area contributed by atoms with Gasteiger partial charge in [0.05, 0.1) is 6.10 Å². The van der Waals surface area contributed by atoms with Gasteiger partial charge in [0.1, 0.15) is 11.5 Å². The third-order valence-electron chi connectivity index (χ3n) is 10.2. The average Bonchev–Trinajstić information content (AvgIpc) is 3.38. The molecular formula is C41H46O3. The second kappa shape index (κ2) is 13.9. The number of methoxy groups -OCH3 is 1. The molecule has 44 heavy (non-hydrogen) atoms. The van der Waals surface area contributed by atoms with Crippen LogP contribution in [-0.2, 0) is 28.0 Å². The Morgan fingerprint density at radius 2 is 1.34 bits per heavy atom. The predicted octanol–water partition coefficient (Wildman–Crippen LogP) is 9.35. The van der Waals surface area contributed by atoms with E-state index >= 15 is 0 Å². The number of Topliss-reactive ketones (excluding diaryl/α,β-unsaturated/α-hetero) is 1. The van der Waals surface area contributed by atoms with Gasteiger partial charge in [-0.1, -0.05) is 129 Å². The summed E-state index contributed by atoms with van der Waals surface area (Å²) in [5, 5.41) is 0. The molecule has 0 spiro atoms. The molecule has 228 valence electrons. The van der Waals surface area contributed by atoms with Crippen LogP contribution in [0.1, 0.15) is 79.7 Å². The number of carbonyl (C=O) groups excluding carboxylic acids is 1. The number of ether oxygens (including phenoxy) is 2. The summed E-state index contributed by atoms with van der Waals surface area (Å²) in [5.74, 6) is 2.28. The molecule has 0 amide bonds. The second-order valence-corrected chi connectivity index (χ2v) is 12.8.